The van der Waals surface area contributed by atoms with Gasteiger partial charge in [-0.2, -0.15) is 0 Å². The quantitative estimate of drug-likeness (QED) is 0.763. The monoisotopic (exact) mass is 436 g/mol. The first-order chi connectivity index (χ1) is 12.3. The van der Waals surface area contributed by atoms with Gasteiger partial charge in [-0.15, -0.1) is 0 Å². The van der Waals surface area contributed by atoms with Crippen molar-refractivity contribution in [1.29, 1.82) is 0 Å². The molecule has 0 aromatic heterocycles. The van der Waals surface area contributed by atoms with Gasteiger partial charge in [0.15, 0.2) is 0 Å². The summed E-state index contributed by atoms with van der Waals surface area (Å²) in [5.74, 6) is 0.478. The Balaban J connectivity index is 1.90. The zero-order valence-corrected chi connectivity index (χ0v) is 17.1. The molecule has 0 spiro atoms. The predicted octanol–water partition coefficient (Wildman–Crippen LogP) is 4.19. The van der Waals surface area contributed by atoms with E-state index in [1.807, 2.05) is 12.1 Å². The van der Waals surface area contributed by atoms with Gasteiger partial charge in [-0.25, -0.2) is 8.42 Å². The molecule has 0 unspecified atom stereocenters. The Labute approximate surface area is 162 Å². The highest BCUT2D eigenvalue weighted by molar-refractivity contribution is 9.10. The topological polar surface area (TPSA) is 66.5 Å². The number of hydrogen-bond acceptors (Lipinski definition) is 3. The number of amides is 1. The van der Waals surface area contributed by atoms with E-state index in [0.29, 0.717) is 35.5 Å². The van der Waals surface area contributed by atoms with Crippen molar-refractivity contribution in [2.24, 2.45) is 5.92 Å². The van der Waals surface area contributed by atoms with Crippen LogP contribution in [0.3, 0.4) is 0 Å². The lowest BCUT2D eigenvalue weighted by molar-refractivity contribution is -0.119. The summed E-state index contributed by atoms with van der Waals surface area (Å²) in [6, 6.07) is 12.0. The van der Waals surface area contributed by atoms with Gasteiger partial charge < -0.3 is 4.90 Å². The second-order valence-electron chi connectivity index (χ2n) is 6.78. The fourth-order valence-corrected chi connectivity index (χ4v) is 5.12. The maximum Gasteiger partial charge on any atom is 0.263 e. The summed E-state index contributed by atoms with van der Waals surface area (Å²) in [7, 11) is -3.69. The molecule has 0 bridgehead atoms. The summed E-state index contributed by atoms with van der Waals surface area (Å²) in [5.41, 5.74) is 2.36. The molecule has 7 heteroatoms. The lowest BCUT2D eigenvalue weighted by Gasteiger charge is -2.31. The third kappa shape index (κ3) is 3.94. The zero-order chi connectivity index (χ0) is 18.9. The molecule has 0 fully saturated rings. The van der Waals surface area contributed by atoms with E-state index in [-0.39, 0.29) is 10.8 Å². The minimum absolute atomic E-state index is 0.118. The van der Waals surface area contributed by atoms with Crippen LogP contribution in [0.1, 0.15) is 25.8 Å². The van der Waals surface area contributed by atoms with Gasteiger partial charge in [-0.05, 0) is 64.2 Å². The van der Waals surface area contributed by atoms with Gasteiger partial charge in [-0.1, -0.05) is 26.0 Å². The van der Waals surface area contributed by atoms with E-state index >= 15 is 0 Å². The third-order valence-corrected chi connectivity index (χ3v) is 6.60. The van der Waals surface area contributed by atoms with Crippen molar-refractivity contribution in [2.75, 3.05) is 16.2 Å². The van der Waals surface area contributed by atoms with Crippen LogP contribution in [0.5, 0.6) is 0 Å². The summed E-state index contributed by atoms with van der Waals surface area (Å²) in [6.45, 7) is 4.80. The van der Waals surface area contributed by atoms with E-state index in [1.54, 1.807) is 35.2 Å². The Kier molecular flexibility index (Phi) is 5.39. The Morgan fingerprint density at radius 2 is 1.88 bits per heavy atom. The van der Waals surface area contributed by atoms with Crippen LogP contribution in [-0.2, 0) is 21.2 Å². The molecular weight excluding hydrogens is 416 g/mol. The minimum Gasteiger partial charge on any atom is -0.312 e. The molecule has 3 rings (SSSR count). The molecule has 1 aliphatic rings. The molecule has 2 aromatic carbocycles. The van der Waals surface area contributed by atoms with Gasteiger partial charge in [0.1, 0.15) is 4.90 Å². The molecule has 1 heterocycles. The summed E-state index contributed by atoms with van der Waals surface area (Å²) >= 11 is 3.28. The summed E-state index contributed by atoms with van der Waals surface area (Å²) in [5, 5.41) is 0. The van der Waals surface area contributed by atoms with E-state index in [1.165, 1.54) is 0 Å². The normalized spacial score (nSPS) is 14.5. The van der Waals surface area contributed by atoms with Crippen molar-refractivity contribution in [3.63, 3.8) is 0 Å². The number of benzene rings is 2. The maximum atomic E-state index is 12.6. The van der Waals surface area contributed by atoms with Gasteiger partial charge >= 0.3 is 0 Å². The fraction of sp³-hybridized carbons (Fsp3) is 0.316. The number of hydrogen-bond donors (Lipinski definition) is 1. The number of halogens is 1. The first kappa shape index (κ1) is 18.9. The maximum absolute atomic E-state index is 12.6. The Morgan fingerprint density at radius 3 is 2.58 bits per heavy atom. The fourth-order valence-electron chi connectivity index (χ4n) is 3.06. The second kappa shape index (κ2) is 7.40. The molecule has 0 aliphatic carbocycles. The van der Waals surface area contributed by atoms with Crippen LogP contribution in [0.15, 0.2) is 51.8 Å². The Hall–Kier alpha value is -1.86. The molecule has 2 aromatic rings. The zero-order valence-electron chi connectivity index (χ0n) is 14.7. The number of nitrogens with zero attached hydrogens (tertiary/aromatic N) is 1. The molecule has 0 radical (unpaired) electrons. The molecule has 1 N–H and O–H groups in total. The van der Waals surface area contributed by atoms with Crippen LogP contribution in [0, 0.1) is 5.92 Å². The number of aryl methyl sites for hydroxylation is 1. The van der Waals surface area contributed by atoms with E-state index < -0.39 is 10.0 Å². The van der Waals surface area contributed by atoms with E-state index in [0.717, 1.165) is 11.3 Å². The molecule has 0 atom stereocenters. The largest absolute Gasteiger partial charge is 0.312 e. The molecule has 5 nitrogen and oxygen atoms in total. The predicted molar refractivity (Wildman–Crippen MR) is 107 cm³/mol. The van der Waals surface area contributed by atoms with Crippen molar-refractivity contribution in [3.8, 4) is 0 Å². The molecule has 138 valence electrons. The van der Waals surface area contributed by atoms with Crippen molar-refractivity contribution in [2.45, 2.75) is 31.6 Å². The molecule has 1 amide bonds. The third-order valence-electron chi connectivity index (χ3n) is 4.21. The molecule has 1 aliphatic heterocycles. The van der Waals surface area contributed by atoms with E-state index in [4.69, 9.17) is 0 Å². The molecule has 26 heavy (non-hydrogen) atoms. The molecular formula is C19H21BrN2O3S. The van der Waals surface area contributed by atoms with Crippen molar-refractivity contribution < 1.29 is 13.2 Å². The number of rotatable bonds is 5. The number of anilines is 2. The molecule has 0 saturated heterocycles. The van der Waals surface area contributed by atoms with Gasteiger partial charge in [0.05, 0.1) is 0 Å². The van der Waals surface area contributed by atoms with Crippen LogP contribution in [0.4, 0.5) is 11.4 Å². The Bertz CT molecular complexity index is 942. The van der Waals surface area contributed by atoms with Gasteiger partial charge in [0.25, 0.3) is 10.0 Å². The summed E-state index contributed by atoms with van der Waals surface area (Å²) in [4.78, 5) is 14.2. The lowest BCUT2D eigenvalue weighted by Crippen LogP contribution is -2.37. The lowest BCUT2D eigenvalue weighted by atomic mass is 9.99. The average Bonchev–Trinajstić information content (AvgIpc) is 2.57. The van der Waals surface area contributed by atoms with Crippen molar-refractivity contribution >= 4 is 43.2 Å². The number of carbonyl (C=O) groups excluding carboxylic acids is 1. The summed E-state index contributed by atoms with van der Waals surface area (Å²) < 4.78 is 28.4. The molecule has 0 saturated carbocycles. The highest BCUT2D eigenvalue weighted by Gasteiger charge is 2.25. The number of carbonyl (C=O) groups is 1. The second-order valence-corrected chi connectivity index (χ2v) is 9.28. The first-order valence-corrected chi connectivity index (χ1v) is 10.8. The highest BCUT2D eigenvalue weighted by atomic mass is 79.9. The number of sulfonamides is 1. The minimum atomic E-state index is -3.69. The van der Waals surface area contributed by atoms with Gasteiger partial charge in [-0.3, -0.25) is 9.52 Å². The van der Waals surface area contributed by atoms with Gasteiger partial charge in [0, 0.05) is 28.8 Å². The van der Waals surface area contributed by atoms with Crippen molar-refractivity contribution in [3.05, 3.63) is 52.5 Å². The SMILES string of the molecule is CC(C)CN1C(=O)CCc2cc(NS(=O)(=O)c3ccccc3Br)ccc21. The van der Waals surface area contributed by atoms with Crippen LogP contribution in [-0.4, -0.2) is 20.9 Å². The van der Waals surface area contributed by atoms with Crippen LogP contribution in [0.2, 0.25) is 0 Å². The van der Waals surface area contributed by atoms with Gasteiger partial charge in [0.2, 0.25) is 5.91 Å². The number of nitrogens with one attached hydrogen (secondary N) is 1. The van der Waals surface area contributed by atoms with Crippen LogP contribution in [0.25, 0.3) is 0 Å². The van der Waals surface area contributed by atoms with E-state index in [9.17, 15) is 13.2 Å². The van der Waals surface area contributed by atoms with E-state index in [2.05, 4.69) is 34.5 Å². The van der Waals surface area contributed by atoms with Crippen LogP contribution < -0.4 is 9.62 Å². The average molecular weight is 437 g/mol. The summed E-state index contributed by atoms with van der Waals surface area (Å²) in [6.07, 6.45) is 1.06. The first-order valence-electron chi connectivity index (χ1n) is 8.48. The smallest absolute Gasteiger partial charge is 0.263 e. The Morgan fingerprint density at radius 1 is 1.15 bits per heavy atom. The van der Waals surface area contributed by atoms with Crippen molar-refractivity contribution in [1.82, 2.24) is 0 Å². The van der Waals surface area contributed by atoms with Crippen LogP contribution >= 0.6 is 15.9 Å². The highest BCUT2D eigenvalue weighted by Crippen LogP contribution is 2.32. The number of fused-ring (bicyclic) bond motifs is 1. The standard InChI is InChI=1S/C19H21BrN2O3S/c1-13(2)12-22-17-9-8-15(11-14(17)7-10-19(22)23)21-26(24,25)18-6-4-3-5-16(18)20/h3-6,8-9,11,13,21H,7,10,12H2,1-2H3.